The quantitative estimate of drug-likeness (QED) is 0.562. The Morgan fingerprint density at radius 3 is 3.00 bits per heavy atom. The summed E-state index contributed by atoms with van der Waals surface area (Å²) >= 11 is 1.26. The van der Waals surface area contributed by atoms with Gasteiger partial charge in [0.25, 0.3) is 0 Å². The van der Waals surface area contributed by atoms with Crippen LogP contribution in [0.15, 0.2) is 30.7 Å². The number of hydrogen-bond donors (Lipinski definition) is 2. The minimum Gasteiger partial charge on any atom is -0.302 e. The van der Waals surface area contributed by atoms with E-state index in [1.807, 2.05) is 0 Å². The topological polar surface area (TPSA) is 88.5 Å². The molecule has 1 aliphatic rings. The van der Waals surface area contributed by atoms with E-state index in [9.17, 15) is 13.6 Å². The first-order chi connectivity index (χ1) is 13.1. The first-order valence-corrected chi connectivity index (χ1v) is 9.06. The summed E-state index contributed by atoms with van der Waals surface area (Å²) in [4.78, 5) is 20.3. The maximum absolute atomic E-state index is 14.2. The molecule has 1 fully saturated rings. The molecule has 4 aromatic rings. The number of aromatic amines is 1. The standard InChI is InChI=1S/C17H12F2N6OS/c18-10-3-1-2-9(12(10)19)11-6-20-7-25(11)15-13-14(23-24-15)21-17(27-13)22-16(26)8-4-5-8/h1-3,6-8H,4-5H2,(H2,21,22,23,24,26). The molecule has 5 rings (SSSR count). The number of carbonyl (C=O) groups excluding carboxylic acids is 1. The fraction of sp³-hybridized carbons (Fsp3) is 0.176. The zero-order valence-corrected chi connectivity index (χ0v) is 14.6. The second kappa shape index (κ2) is 5.95. The van der Waals surface area contributed by atoms with Crippen LogP contribution in [0.25, 0.3) is 27.4 Å². The molecule has 0 radical (unpaired) electrons. The Kier molecular flexibility index (Phi) is 3.54. The molecule has 27 heavy (non-hydrogen) atoms. The highest BCUT2D eigenvalue weighted by Gasteiger charge is 2.30. The van der Waals surface area contributed by atoms with Gasteiger partial charge in [-0.3, -0.25) is 14.5 Å². The zero-order valence-electron chi connectivity index (χ0n) is 13.7. The number of amides is 1. The summed E-state index contributed by atoms with van der Waals surface area (Å²) in [6, 6.07) is 3.97. The average Bonchev–Trinajstić information content (AvgIpc) is 3.08. The number of H-pyrrole nitrogens is 1. The lowest BCUT2D eigenvalue weighted by Gasteiger charge is -2.06. The Bertz CT molecular complexity index is 1180. The van der Waals surface area contributed by atoms with Crippen LogP contribution in [0.1, 0.15) is 12.8 Å². The van der Waals surface area contributed by atoms with E-state index < -0.39 is 11.6 Å². The Morgan fingerprint density at radius 2 is 2.19 bits per heavy atom. The number of fused-ring (bicyclic) bond motifs is 1. The van der Waals surface area contributed by atoms with Crippen molar-refractivity contribution in [2.24, 2.45) is 5.92 Å². The van der Waals surface area contributed by atoms with Crippen molar-refractivity contribution in [3.05, 3.63) is 42.4 Å². The van der Waals surface area contributed by atoms with Gasteiger partial charge in [0.05, 0.1) is 11.9 Å². The third-order valence-electron chi connectivity index (χ3n) is 4.37. The van der Waals surface area contributed by atoms with Crippen LogP contribution in [0.5, 0.6) is 0 Å². The Labute approximate surface area is 155 Å². The van der Waals surface area contributed by atoms with E-state index in [1.165, 1.54) is 36.0 Å². The minimum absolute atomic E-state index is 0.0361. The van der Waals surface area contributed by atoms with E-state index in [0.717, 1.165) is 18.9 Å². The van der Waals surface area contributed by atoms with Crippen molar-refractivity contribution in [1.29, 1.82) is 0 Å². The maximum Gasteiger partial charge on any atom is 0.229 e. The van der Waals surface area contributed by atoms with E-state index in [0.29, 0.717) is 27.0 Å². The number of nitrogens with one attached hydrogen (secondary N) is 2. The van der Waals surface area contributed by atoms with Crippen LogP contribution in [-0.4, -0.2) is 30.6 Å². The van der Waals surface area contributed by atoms with Crippen molar-refractivity contribution < 1.29 is 13.6 Å². The molecular formula is C17H12F2N6OS. The number of aromatic nitrogens is 5. The number of imidazole rings is 1. The number of halogens is 2. The zero-order chi connectivity index (χ0) is 18.5. The summed E-state index contributed by atoms with van der Waals surface area (Å²) in [5, 5.41) is 10.3. The van der Waals surface area contributed by atoms with E-state index in [2.05, 4.69) is 25.5 Å². The highest BCUT2D eigenvalue weighted by molar-refractivity contribution is 7.22. The number of carbonyl (C=O) groups is 1. The molecule has 1 saturated carbocycles. The molecule has 0 bridgehead atoms. The molecule has 0 aliphatic heterocycles. The summed E-state index contributed by atoms with van der Waals surface area (Å²) < 4.78 is 30.1. The van der Waals surface area contributed by atoms with Crippen LogP contribution >= 0.6 is 11.3 Å². The summed E-state index contributed by atoms with van der Waals surface area (Å²) in [5.74, 6) is -1.40. The molecule has 7 nitrogen and oxygen atoms in total. The molecule has 136 valence electrons. The fourth-order valence-corrected chi connectivity index (χ4v) is 3.74. The lowest BCUT2D eigenvalue weighted by atomic mass is 10.1. The molecule has 0 unspecified atom stereocenters. The van der Waals surface area contributed by atoms with Gasteiger partial charge in [0.15, 0.2) is 28.2 Å². The van der Waals surface area contributed by atoms with Gasteiger partial charge in [-0.25, -0.2) is 18.7 Å². The van der Waals surface area contributed by atoms with Crippen LogP contribution < -0.4 is 5.32 Å². The van der Waals surface area contributed by atoms with Crippen molar-refractivity contribution >= 4 is 32.7 Å². The number of benzene rings is 1. The summed E-state index contributed by atoms with van der Waals surface area (Å²) in [7, 11) is 0. The lowest BCUT2D eigenvalue weighted by molar-refractivity contribution is -0.117. The highest BCUT2D eigenvalue weighted by Crippen LogP contribution is 2.35. The second-order valence-electron chi connectivity index (χ2n) is 6.26. The molecule has 10 heteroatoms. The minimum atomic E-state index is -0.951. The highest BCUT2D eigenvalue weighted by atomic mass is 32.1. The van der Waals surface area contributed by atoms with Gasteiger partial charge in [-0.1, -0.05) is 17.4 Å². The largest absolute Gasteiger partial charge is 0.302 e. The van der Waals surface area contributed by atoms with Gasteiger partial charge in [0.2, 0.25) is 5.91 Å². The van der Waals surface area contributed by atoms with Crippen molar-refractivity contribution in [3.63, 3.8) is 0 Å². The molecule has 0 atom stereocenters. The van der Waals surface area contributed by atoms with Gasteiger partial charge in [-0.2, -0.15) is 5.10 Å². The van der Waals surface area contributed by atoms with E-state index >= 15 is 0 Å². The van der Waals surface area contributed by atoms with Crippen LogP contribution in [0, 0.1) is 17.6 Å². The average molecular weight is 386 g/mol. The summed E-state index contributed by atoms with van der Waals surface area (Å²) in [6.45, 7) is 0. The molecule has 1 aromatic carbocycles. The van der Waals surface area contributed by atoms with Crippen LogP contribution in [0.3, 0.4) is 0 Å². The van der Waals surface area contributed by atoms with Gasteiger partial charge < -0.3 is 5.32 Å². The molecule has 2 N–H and O–H groups in total. The first-order valence-electron chi connectivity index (χ1n) is 8.24. The molecule has 1 aliphatic carbocycles. The molecule has 0 spiro atoms. The Balaban J connectivity index is 1.56. The normalized spacial score (nSPS) is 14.0. The Morgan fingerprint density at radius 1 is 1.33 bits per heavy atom. The molecule has 1 amide bonds. The van der Waals surface area contributed by atoms with E-state index in [4.69, 9.17) is 0 Å². The third kappa shape index (κ3) is 2.69. The van der Waals surface area contributed by atoms with Crippen molar-refractivity contribution in [2.75, 3.05) is 5.32 Å². The van der Waals surface area contributed by atoms with E-state index in [-0.39, 0.29) is 17.4 Å². The number of anilines is 1. The molecule has 0 saturated heterocycles. The SMILES string of the molecule is O=C(Nc1nc2[nH]nc(-n3cncc3-c3cccc(F)c3F)c2s1)C1CC1. The van der Waals surface area contributed by atoms with Gasteiger partial charge >= 0.3 is 0 Å². The fourth-order valence-electron chi connectivity index (χ4n) is 2.84. The molecule has 3 aromatic heterocycles. The van der Waals surface area contributed by atoms with Crippen LogP contribution in [-0.2, 0) is 4.79 Å². The molecule has 3 heterocycles. The van der Waals surface area contributed by atoms with E-state index in [1.54, 1.807) is 4.57 Å². The smallest absolute Gasteiger partial charge is 0.229 e. The number of hydrogen-bond acceptors (Lipinski definition) is 5. The van der Waals surface area contributed by atoms with Gasteiger partial charge in [-0.05, 0) is 25.0 Å². The molecular weight excluding hydrogens is 374 g/mol. The predicted molar refractivity (Wildman–Crippen MR) is 95.6 cm³/mol. The lowest BCUT2D eigenvalue weighted by Crippen LogP contribution is -2.12. The van der Waals surface area contributed by atoms with Crippen LogP contribution in [0.4, 0.5) is 13.9 Å². The number of thiazole rings is 1. The number of rotatable bonds is 4. The van der Waals surface area contributed by atoms with Gasteiger partial charge in [0, 0.05) is 11.5 Å². The number of nitrogens with zero attached hydrogens (tertiary/aromatic N) is 4. The van der Waals surface area contributed by atoms with Gasteiger partial charge in [0.1, 0.15) is 11.0 Å². The monoisotopic (exact) mass is 386 g/mol. The van der Waals surface area contributed by atoms with Crippen molar-refractivity contribution in [3.8, 4) is 17.1 Å². The van der Waals surface area contributed by atoms with Crippen molar-refractivity contribution in [1.82, 2.24) is 24.7 Å². The predicted octanol–water partition coefficient (Wildman–Crippen LogP) is 3.50. The maximum atomic E-state index is 14.2. The first kappa shape index (κ1) is 16.1. The van der Waals surface area contributed by atoms with Crippen molar-refractivity contribution in [2.45, 2.75) is 12.8 Å². The summed E-state index contributed by atoms with van der Waals surface area (Å²) in [5.41, 5.74) is 0.938. The van der Waals surface area contributed by atoms with Gasteiger partial charge in [-0.15, -0.1) is 0 Å². The second-order valence-corrected chi connectivity index (χ2v) is 7.26. The Hall–Kier alpha value is -3.14. The third-order valence-corrected chi connectivity index (χ3v) is 5.34. The van der Waals surface area contributed by atoms with Crippen LogP contribution in [0.2, 0.25) is 0 Å². The summed E-state index contributed by atoms with van der Waals surface area (Å²) in [6.07, 6.45) is 4.71.